The first-order valence-corrected chi connectivity index (χ1v) is 6.09. The number of nitrogens with zero attached hydrogens (tertiary/aromatic N) is 3. The summed E-state index contributed by atoms with van der Waals surface area (Å²) in [6, 6.07) is 8.34. The molecule has 0 saturated carbocycles. The van der Waals surface area contributed by atoms with Crippen molar-refractivity contribution >= 4 is 21.4 Å². The molecule has 17 heavy (non-hydrogen) atoms. The van der Waals surface area contributed by atoms with Crippen LogP contribution >= 0.6 is 15.9 Å². The number of aromatic nitrogens is 3. The van der Waals surface area contributed by atoms with Gasteiger partial charge in [0, 0.05) is 18.0 Å². The van der Waals surface area contributed by atoms with E-state index in [2.05, 4.69) is 57.1 Å². The van der Waals surface area contributed by atoms with Crippen LogP contribution < -0.4 is 0 Å². The fraction of sp³-hybridized carbons (Fsp3) is 0.0769. The molecule has 4 heteroatoms. The monoisotopic (exact) mass is 287 g/mol. The standard InChI is InChI=1S/C13H10BrN3/c1-9-2-4-10(5-3-9)13-16-12(14)11-8-15-6-7-17(11)13/h2-8H,1H3. The van der Waals surface area contributed by atoms with Crippen molar-refractivity contribution in [3.8, 4) is 11.4 Å². The predicted molar refractivity (Wildman–Crippen MR) is 70.9 cm³/mol. The minimum absolute atomic E-state index is 0.821. The molecule has 0 atom stereocenters. The Hall–Kier alpha value is -1.68. The van der Waals surface area contributed by atoms with Gasteiger partial charge in [0.2, 0.25) is 0 Å². The summed E-state index contributed by atoms with van der Waals surface area (Å²) >= 11 is 3.46. The van der Waals surface area contributed by atoms with Crippen LogP contribution in [0.4, 0.5) is 0 Å². The molecule has 3 nitrogen and oxygen atoms in total. The van der Waals surface area contributed by atoms with Crippen LogP contribution in [-0.2, 0) is 0 Å². The van der Waals surface area contributed by atoms with Crippen molar-refractivity contribution in [1.29, 1.82) is 0 Å². The second-order valence-corrected chi connectivity index (χ2v) is 4.67. The smallest absolute Gasteiger partial charge is 0.145 e. The highest BCUT2D eigenvalue weighted by molar-refractivity contribution is 9.10. The fourth-order valence-corrected chi connectivity index (χ4v) is 2.27. The second kappa shape index (κ2) is 3.96. The summed E-state index contributed by atoms with van der Waals surface area (Å²) in [4.78, 5) is 8.63. The van der Waals surface area contributed by atoms with Gasteiger partial charge in [-0.25, -0.2) is 4.98 Å². The lowest BCUT2D eigenvalue weighted by Gasteiger charge is -2.01. The van der Waals surface area contributed by atoms with Crippen molar-refractivity contribution in [1.82, 2.24) is 14.4 Å². The largest absolute Gasteiger partial charge is 0.296 e. The number of hydrogen-bond donors (Lipinski definition) is 0. The van der Waals surface area contributed by atoms with Gasteiger partial charge in [-0.1, -0.05) is 29.8 Å². The zero-order chi connectivity index (χ0) is 11.8. The average molecular weight is 288 g/mol. The first-order valence-electron chi connectivity index (χ1n) is 5.30. The van der Waals surface area contributed by atoms with Crippen molar-refractivity contribution in [2.75, 3.05) is 0 Å². The van der Waals surface area contributed by atoms with Gasteiger partial charge in [0.15, 0.2) is 0 Å². The summed E-state index contributed by atoms with van der Waals surface area (Å²) in [6.07, 6.45) is 5.48. The third kappa shape index (κ3) is 1.74. The van der Waals surface area contributed by atoms with Crippen molar-refractivity contribution in [3.05, 3.63) is 53.0 Å². The van der Waals surface area contributed by atoms with E-state index in [1.165, 1.54) is 5.56 Å². The topological polar surface area (TPSA) is 30.2 Å². The van der Waals surface area contributed by atoms with E-state index >= 15 is 0 Å². The van der Waals surface area contributed by atoms with Gasteiger partial charge >= 0.3 is 0 Å². The normalized spacial score (nSPS) is 10.9. The Labute approximate surface area is 107 Å². The molecule has 0 fully saturated rings. The molecule has 3 rings (SSSR count). The average Bonchev–Trinajstić information content (AvgIpc) is 2.69. The molecule has 0 spiro atoms. The van der Waals surface area contributed by atoms with Gasteiger partial charge in [0.25, 0.3) is 0 Å². The van der Waals surface area contributed by atoms with Crippen molar-refractivity contribution in [2.45, 2.75) is 6.92 Å². The lowest BCUT2D eigenvalue weighted by Crippen LogP contribution is -1.89. The molecular formula is C13H10BrN3. The Bertz CT molecular complexity index is 671. The molecule has 3 aromatic rings. The lowest BCUT2D eigenvalue weighted by molar-refractivity contribution is 1.12. The Balaban J connectivity index is 2.27. The second-order valence-electron chi connectivity index (χ2n) is 3.92. The van der Waals surface area contributed by atoms with E-state index in [-0.39, 0.29) is 0 Å². The van der Waals surface area contributed by atoms with Crippen molar-refractivity contribution < 1.29 is 0 Å². The van der Waals surface area contributed by atoms with Gasteiger partial charge in [0.05, 0.1) is 11.7 Å². The van der Waals surface area contributed by atoms with Crippen molar-refractivity contribution in [3.63, 3.8) is 0 Å². The van der Waals surface area contributed by atoms with Crippen LogP contribution in [0.3, 0.4) is 0 Å². The molecule has 0 N–H and O–H groups in total. The maximum atomic E-state index is 4.53. The van der Waals surface area contributed by atoms with Crippen molar-refractivity contribution in [2.24, 2.45) is 0 Å². The number of imidazole rings is 1. The molecule has 84 valence electrons. The Morgan fingerprint density at radius 2 is 1.94 bits per heavy atom. The number of hydrogen-bond acceptors (Lipinski definition) is 2. The highest BCUT2D eigenvalue weighted by atomic mass is 79.9. The first-order chi connectivity index (χ1) is 8.25. The van der Waals surface area contributed by atoms with Crippen LogP contribution in [0, 0.1) is 6.92 Å². The van der Waals surface area contributed by atoms with Crippen LogP contribution in [0.15, 0.2) is 47.5 Å². The Morgan fingerprint density at radius 3 is 2.71 bits per heavy atom. The minimum Gasteiger partial charge on any atom is -0.296 e. The van der Waals surface area contributed by atoms with E-state index in [9.17, 15) is 0 Å². The highest BCUT2D eigenvalue weighted by Crippen LogP contribution is 2.25. The van der Waals surface area contributed by atoms with Gasteiger partial charge < -0.3 is 0 Å². The summed E-state index contributed by atoms with van der Waals surface area (Å²) in [5.74, 6) is 0.925. The zero-order valence-corrected chi connectivity index (χ0v) is 10.8. The molecule has 0 bridgehead atoms. The van der Waals surface area contributed by atoms with Gasteiger partial charge in [-0.2, -0.15) is 0 Å². The predicted octanol–water partition coefficient (Wildman–Crippen LogP) is 3.47. The van der Waals surface area contributed by atoms with E-state index < -0.39 is 0 Å². The number of aryl methyl sites for hydroxylation is 1. The third-order valence-corrected chi connectivity index (χ3v) is 3.30. The highest BCUT2D eigenvalue weighted by Gasteiger charge is 2.10. The minimum atomic E-state index is 0.821. The number of rotatable bonds is 1. The number of halogens is 1. The van der Waals surface area contributed by atoms with E-state index in [1.807, 2.05) is 10.6 Å². The van der Waals surface area contributed by atoms with E-state index in [0.717, 1.165) is 21.5 Å². The number of fused-ring (bicyclic) bond motifs is 1. The summed E-state index contributed by atoms with van der Waals surface area (Å²) in [6.45, 7) is 2.08. The molecular weight excluding hydrogens is 278 g/mol. The quantitative estimate of drug-likeness (QED) is 0.686. The molecule has 0 aliphatic rings. The zero-order valence-electron chi connectivity index (χ0n) is 9.26. The van der Waals surface area contributed by atoms with Crippen LogP contribution in [0.5, 0.6) is 0 Å². The molecule has 0 amide bonds. The lowest BCUT2D eigenvalue weighted by atomic mass is 10.1. The van der Waals surface area contributed by atoms with E-state index in [0.29, 0.717) is 0 Å². The van der Waals surface area contributed by atoms with Crippen LogP contribution in [0.2, 0.25) is 0 Å². The molecule has 2 heterocycles. The molecule has 0 saturated heterocycles. The SMILES string of the molecule is Cc1ccc(-c2nc(Br)c3cnccn23)cc1. The van der Waals surface area contributed by atoms with Crippen LogP contribution in [0.25, 0.3) is 16.9 Å². The Kier molecular flexibility index (Phi) is 2.44. The summed E-state index contributed by atoms with van der Waals surface area (Å²) < 4.78 is 2.85. The first kappa shape index (κ1) is 10.5. The van der Waals surface area contributed by atoms with Crippen LogP contribution in [0.1, 0.15) is 5.56 Å². The van der Waals surface area contributed by atoms with Gasteiger partial charge in [-0.15, -0.1) is 0 Å². The summed E-state index contributed by atoms with van der Waals surface area (Å²) in [5.41, 5.74) is 3.32. The van der Waals surface area contributed by atoms with Gasteiger partial charge in [-0.05, 0) is 22.9 Å². The Morgan fingerprint density at radius 1 is 1.18 bits per heavy atom. The molecule has 0 aliphatic heterocycles. The van der Waals surface area contributed by atoms with Gasteiger partial charge in [0.1, 0.15) is 10.4 Å². The van der Waals surface area contributed by atoms with E-state index in [1.54, 1.807) is 12.4 Å². The van der Waals surface area contributed by atoms with Crippen LogP contribution in [-0.4, -0.2) is 14.4 Å². The molecule has 1 aromatic carbocycles. The molecule has 2 aromatic heterocycles. The number of benzene rings is 1. The molecule has 0 radical (unpaired) electrons. The van der Waals surface area contributed by atoms with E-state index in [4.69, 9.17) is 0 Å². The summed E-state index contributed by atoms with van der Waals surface area (Å²) in [5, 5.41) is 0. The third-order valence-electron chi connectivity index (χ3n) is 2.71. The molecule has 0 aliphatic carbocycles. The maximum Gasteiger partial charge on any atom is 0.145 e. The maximum absolute atomic E-state index is 4.53. The fourth-order valence-electron chi connectivity index (χ4n) is 1.81. The van der Waals surface area contributed by atoms with Gasteiger partial charge in [-0.3, -0.25) is 9.38 Å². The molecule has 0 unspecified atom stereocenters. The summed E-state index contributed by atoms with van der Waals surface area (Å²) in [7, 11) is 0.